The van der Waals surface area contributed by atoms with E-state index in [1.165, 1.54) is 23.1 Å². The maximum atomic E-state index is 13.8. The van der Waals surface area contributed by atoms with Crippen LogP contribution in [0.3, 0.4) is 0 Å². The van der Waals surface area contributed by atoms with Gasteiger partial charge >= 0.3 is 5.69 Å². The lowest BCUT2D eigenvalue weighted by molar-refractivity contribution is -0.858. The van der Waals surface area contributed by atoms with Gasteiger partial charge in [0, 0.05) is 13.0 Å². The van der Waals surface area contributed by atoms with Gasteiger partial charge in [-0.1, -0.05) is 12.1 Å². The van der Waals surface area contributed by atoms with Gasteiger partial charge in [-0.05, 0) is 12.1 Å². The lowest BCUT2D eigenvalue weighted by atomic mass is 10.3. The molecule has 0 saturated heterocycles. The molecule has 134 valence electrons. The minimum atomic E-state index is -0.697. The van der Waals surface area contributed by atoms with Gasteiger partial charge in [0.2, 0.25) is 17.6 Å². The van der Waals surface area contributed by atoms with E-state index in [0.717, 1.165) is 13.0 Å². The molecule has 0 bridgehead atoms. The Morgan fingerprint density at radius 3 is 2.68 bits per heavy atom. The van der Waals surface area contributed by atoms with Gasteiger partial charge in [0.15, 0.2) is 0 Å². The van der Waals surface area contributed by atoms with Crippen LogP contribution in [0, 0.1) is 15.9 Å². The molecule has 1 aromatic carbocycles. The van der Waals surface area contributed by atoms with Crippen molar-refractivity contribution in [2.24, 2.45) is 0 Å². The number of hydrogen-bond acceptors (Lipinski definition) is 7. The normalized spacial score (nSPS) is 10.7. The molecular weight excluding hydrogens is 329 g/mol. The molecule has 5 N–H and O–H groups in total. The quantitative estimate of drug-likeness (QED) is 0.315. The van der Waals surface area contributed by atoms with Crippen molar-refractivity contribution in [2.45, 2.75) is 6.42 Å². The average Bonchev–Trinajstić information content (AvgIpc) is 2.53. The summed E-state index contributed by atoms with van der Waals surface area (Å²) in [5, 5.41) is 16.8. The lowest BCUT2D eigenvalue weighted by Crippen LogP contribution is -3.05. The number of anilines is 4. The molecule has 0 aliphatic carbocycles. The smallest absolute Gasteiger partial charge is 0.353 e. The number of rotatable bonds is 8. The number of nitrogens with two attached hydrogens (primary N) is 1. The van der Waals surface area contributed by atoms with Crippen LogP contribution in [0.15, 0.2) is 24.3 Å². The van der Waals surface area contributed by atoms with Crippen molar-refractivity contribution in [3.05, 3.63) is 40.2 Å². The third-order valence-corrected chi connectivity index (χ3v) is 3.36. The van der Waals surface area contributed by atoms with E-state index in [1.54, 1.807) is 6.07 Å². The Kier molecular flexibility index (Phi) is 6.01. The van der Waals surface area contributed by atoms with Crippen molar-refractivity contribution >= 4 is 29.0 Å². The van der Waals surface area contributed by atoms with Crippen molar-refractivity contribution in [1.29, 1.82) is 0 Å². The van der Waals surface area contributed by atoms with E-state index in [-0.39, 0.29) is 23.3 Å². The Hall–Kier alpha value is -3.01. The topological polar surface area (TPSA) is 123 Å². The molecule has 9 nitrogen and oxygen atoms in total. The molecular formula is C15H21FN7O2+. The van der Waals surface area contributed by atoms with E-state index in [0.29, 0.717) is 6.54 Å². The molecule has 2 rings (SSSR count). The van der Waals surface area contributed by atoms with Gasteiger partial charge in [-0.2, -0.15) is 9.97 Å². The van der Waals surface area contributed by atoms with E-state index in [9.17, 15) is 14.5 Å². The maximum absolute atomic E-state index is 13.8. The second kappa shape index (κ2) is 8.20. The Morgan fingerprint density at radius 1 is 1.32 bits per heavy atom. The number of nitrogens with one attached hydrogen (secondary N) is 3. The van der Waals surface area contributed by atoms with Gasteiger partial charge < -0.3 is 21.3 Å². The Bertz CT molecular complexity index is 755. The first kappa shape index (κ1) is 18.3. The van der Waals surface area contributed by atoms with Gasteiger partial charge in [-0.25, -0.2) is 4.39 Å². The molecule has 1 heterocycles. The van der Waals surface area contributed by atoms with Gasteiger partial charge in [0.05, 0.1) is 31.3 Å². The summed E-state index contributed by atoms with van der Waals surface area (Å²) in [7, 11) is 4.08. The van der Waals surface area contributed by atoms with E-state index >= 15 is 0 Å². The van der Waals surface area contributed by atoms with E-state index in [2.05, 4.69) is 20.6 Å². The largest absolute Gasteiger partial charge is 0.378 e. The third-order valence-electron chi connectivity index (χ3n) is 3.36. The summed E-state index contributed by atoms with van der Waals surface area (Å²) in [6.07, 6.45) is 0.860. The fourth-order valence-electron chi connectivity index (χ4n) is 2.15. The number of aromatic nitrogens is 2. The molecule has 1 aromatic heterocycles. The second-order valence-electron chi connectivity index (χ2n) is 5.73. The zero-order valence-electron chi connectivity index (χ0n) is 14.0. The SMILES string of the molecule is C[NH+](C)CCCNc1nc(N)c([N+](=O)[O-])c(Nc2ccccc2F)n1. The predicted octanol–water partition coefficient (Wildman–Crippen LogP) is 0.796. The van der Waals surface area contributed by atoms with Crippen molar-refractivity contribution in [3.63, 3.8) is 0 Å². The number of halogens is 1. The number of nitrogen functional groups attached to an aromatic ring is 1. The fraction of sp³-hybridized carbons (Fsp3) is 0.333. The molecule has 0 amide bonds. The fourth-order valence-corrected chi connectivity index (χ4v) is 2.15. The number of nitrogens with zero attached hydrogens (tertiary/aromatic N) is 3. The number of para-hydroxylation sites is 1. The Balaban J connectivity index is 2.25. The van der Waals surface area contributed by atoms with Crippen LogP contribution < -0.4 is 21.3 Å². The summed E-state index contributed by atoms with van der Waals surface area (Å²) in [5.41, 5.74) is 5.26. The van der Waals surface area contributed by atoms with Crippen LogP contribution in [0.25, 0.3) is 0 Å². The van der Waals surface area contributed by atoms with Gasteiger partial charge in [0.1, 0.15) is 5.82 Å². The van der Waals surface area contributed by atoms with Crippen molar-refractivity contribution in [1.82, 2.24) is 9.97 Å². The van der Waals surface area contributed by atoms with Crippen molar-refractivity contribution < 1.29 is 14.2 Å². The second-order valence-corrected chi connectivity index (χ2v) is 5.73. The first-order chi connectivity index (χ1) is 11.9. The zero-order valence-corrected chi connectivity index (χ0v) is 14.0. The summed E-state index contributed by atoms with van der Waals surface area (Å²) in [5.74, 6) is -0.865. The van der Waals surface area contributed by atoms with Gasteiger partial charge in [0.25, 0.3) is 0 Å². The molecule has 0 spiro atoms. The summed E-state index contributed by atoms with van der Waals surface area (Å²) >= 11 is 0. The minimum Gasteiger partial charge on any atom is -0.378 e. The Labute approximate surface area is 144 Å². The third kappa shape index (κ3) is 4.98. The summed E-state index contributed by atoms with van der Waals surface area (Å²) in [6, 6.07) is 5.80. The molecule has 0 unspecified atom stereocenters. The van der Waals surface area contributed by atoms with Crippen molar-refractivity contribution in [2.75, 3.05) is 43.6 Å². The molecule has 0 radical (unpaired) electrons. The number of nitro groups is 1. The summed E-state index contributed by atoms with van der Waals surface area (Å²) in [6.45, 7) is 1.53. The summed E-state index contributed by atoms with van der Waals surface area (Å²) in [4.78, 5) is 19.8. The highest BCUT2D eigenvalue weighted by molar-refractivity contribution is 5.74. The molecule has 25 heavy (non-hydrogen) atoms. The van der Waals surface area contributed by atoms with Crippen LogP contribution in [0.2, 0.25) is 0 Å². The van der Waals surface area contributed by atoms with Gasteiger partial charge in [-0.15, -0.1) is 0 Å². The highest BCUT2D eigenvalue weighted by Gasteiger charge is 2.24. The first-order valence-electron chi connectivity index (χ1n) is 7.75. The van der Waals surface area contributed by atoms with E-state index < -0.39 is 16.4 Å². The highest BCUT2D eigenvalue weighted by atomic mass is 19.1. The molecule has 10 heteroatoms. The molecule has 0 saturated carbocycles. The number of quaternary nitrogens is 1. The van der Waals surface area contributed by atoms with E-state index in [4.69, 9.17) is 5.73 Å². The molecule has 0 atom stereocenters. The predicted molar refractivity (Wildman–Crippen MR) is 93.6 cm³/mol. The minimum absolute atomic E-state index is 0.0610. The molecule has 0 fully saturated rings. The standard InChI is InChI=1S/C15H20FN7O2/c1-22(2)9-5-8-18-15-20-13(17)12(23(24)25)14(21-15)19-11-7-4-3-6-10(11)16/h3-4,6-7H,5,8-9H2,1-2H3,(H4,17,18,19,20,21)/p+1. The summed E-state index contributed by atoms with van der Waals surface area (Å²) < 4.78 is 13.8. The average molecular weight is 350 g/mol. The van der Waals surface area contributed by atoms with Crippen LogP contribution in [-0.4, -0.2) is 42.1 Å². The van der Waals surface area contributed by atoms with Crippen LogP contribution >= 0.6 is 0 Å². The lowest BCUT2D eigenvalue weighted by Gasteiger charge is -2.11. The van der Waals surface area contributed by atoms with E-state index in [1.807, 2.05) is 14.1 Å². The Morgan fingerprint density at radius 2 is 2.04 bits per heavy atom. The molecule has 0 aliphatic heterocycles. The zero-order chi connectivity index (χ0) is 18.4. The van der Waals surface area contributed by atoms with Crippen LogP contribution in [0.5, 0.6) is 0 Å². The molecule has 2 aromatic rings. The van der Waals surface area contributed by atoms with Crippen LogP contribution in [0.1, 0.15) is 6.42 Å². The molecule has 0 aliphatic rings. The van der Waals surface area contributed by atoms with Crippen molar-refractivity contribution in [3.8, 4) is 0 Å². The van der Waals surface area contributed by atoms with Crippen LogP contribution in [0.4, 0.5) is 33.3 Å². The highest BCUT2D eigenvalue weighted by Crippen LogP contribution is 2.31. The number of hydrogen-bond donors (Lipinski definition) is 4. The maximum Gasteiger partial charge on any atom is 0.353 e. The first-order valence-corrected chi connectivity index (χ1v) is 7.75. The van der Waals surface area contributed by atoms with Gasteiger partial charge in [-0.3, -0.25) is 10.1 Å². The number of benzene rings is 1. The van der Waals surface area contributed by atoms with Crippen LogP contribution in [-0.2, 0) is 0 Å². The monoisotopic (exact) mass is 350 g/mol.